The van der Waals surface area contributed by atoms with Crippen LogP contribution in [0.5, 0.6) is 0 Å². The van der Waals surface area contributed by atoms with Gasteiger partial charge in [-0.1, -0.05) is 42.5 Å². The molecule has 2 aromatic rings. The number of likely N-dealkylation sites (N-methyl/N-ethyl adjacent to an activating group) is 1. The summed E-state index contributed by atoms with van der Waals surface area (Å²) in [6.07, 6.45) is 0. The van der Waals surface area contributed by atoms with Crippen LogP contribution in [-0.4, -0.2) is 24.7 Å². The van der Waals surface area contributed by atoms with Crippen LogP contribution in [0.4, 0.5) is 11.4 Å². The van der Waals surface area contributed by atoms with Crippen LogP contribution in [0.1, 0.15) is 5.56 Å². The SMILES string of the molecule is CN1C(=O)[C@H](N)C(c2ccccc2)=Nc2ccccc21. The molecule has 0 aromatic heterocycles. The number of amides is 1. The number of carbonyl (C=O) groups excluding carboxylic acids is 1. The largest absolute Gasteiger partial charge is 0.315 e. The van der Waals surface area contributed by atoms with Gasteiger partial charge in [-0.15, -0.1) is 0 Å². The van der Waals surface area contributed by atoms with E-state index in [0.717, 1.165) is 16.9 Å². The Balaban J connectivity index is 2.20. The highest BCUT2D eigenvalue weighted by molar-refractivity contribution is 6.22. The Hall–Kier alpha value is -2.46. The molecule has 2 aromatic carbocycles. The minimum absolute atomic E-state index is 0.155. The highest BCUT2D eigenvalue weighted by Gasteiger charge is 2.29. The van der Waals surface area contributed by atoms with Gasteiger partial charge >= 0.3 is 0 Å². The molecule has 4 heteroatoms. The number of anilines is 1. The van der Waals surface area contributed by atoms with Crippen molar-refractivity contribution in [2.75, 3.05) is 11.9 Å². The summed E-state index contributed by atoms with van der Waals surface area (Å²) in [5, 5.41) is 0. The maximum absolute atomic E-state index is 12.4. The quantitative estimate of drug-likeness (QED) is 0.858. The number of hydrogen-bond acceptors (Lipinski definition) is 3. The molecule has 2 N–H and O–H groups in total. The number of fused-ring (bicyclic) bond motifs is 1. The van der Waals surface area contributed by atoms with Crippen molar-refractivity contribution in [1.82, 2.24) is 0 Å². The van der Waals surface area contributed by atoms with Gasteiger partial charge in [0.2, 0.25) is 5.91 Å². The molecule has 100 valence electrons. The van der Waals surface area contributed by atoms with E-state index in [1.807, 2.05) is 54.6 Å². The molecule has 4 nitrogen and oxygen atoms in total. The fraction of sp³-hybridized carbons (Fsp3) is 0.125. The number of nitrogens with zero attached hydrogens (tertiary/aromatic N) is 2. The van der Waals surface area contributed by atoms with Crippen LogP contribution in [0.3, 0.4) is 0 Å². The first-order valence-electron chi connectivity index (χ1n) is 6.44. The Morgan fingerprint density at radius 1 is 1.05 bits per heavy atom. The topological polar surface area (TPSA) is 58.7 Å². The molecule has 1 heterocycles. The summed E-state index contributed by atoms with van der Waals surface area (Å²) in [4.78, 5) is 18.6. The lowest BCUT2D eigenvalue weighted by atomic mass is 10.0. The van der Waals surface area contributed by atoms with Gasteiger partial charge in [0.25, 0.3) is 0 Å². The first-order valence-corrected chi connectivity index (χ1v) is 6.44. The molecule has 0 radical (unpaired) electrons. The highest BCUT2D eigenvalue weighted by Crippen LogP contribution is 2.31. The molecule has 1 aliphatic heterocycles. The van der Waals surface area contributed by atoms with Crippen molar-refractivity contribution in [1.29, 1.82) is 0 Å². The zero-order chi connectivity index (χ0) is 14.1. The van der Waals surface area contributed by atoms with E-state index >= 15 is 0 Å². The summed E-state index contributed by atoms with van der Waals surface area (Å²) in [6, 6.07) is 16.4. The summed E-state index contributed by atoms with van der Waals surface area (Å²) in [6.45, 7) is 0. The van der Waals surface area contributed by atoms with Gasteiger partial charge in [0.1, 0.15) is 6.04 Å². The van der Waals surface area contributed by atoms with Crippen molar-refractivity contribution < 1.29 is 4.79 Å². The van der Waals surface area contributed by atoms with Crippen LogP contribution < -0.4 is 10.6 Å². The van der Waals surface area contributed by atoms with Crippen LogP contribution in [-0.2, 0) is 4.79 Å². The van der Waals surface area contributed by atoms with E-state index in [-0.39, 0.29) is 5.91 Å². The predicted octanol–water partition coefficient (Wildman–Crippen LogP) is 2.11. The molecule has 0 saturated heterocycles. The smallest absolute Gasteiger partial charge is 0.249 e. The van der Waals surface area contributed by atoms with E-state index in [1.54, 1.807) is 11.9 Å². The van der Waals surface area contributed by atoms with E-state index in [1.165, 1.54) is 0 Å². The average Bonchev–Trinajstić information content (AvgIpc) is 2.60. The standard InChI is InChI=1S/C16H15N3O/c1-19-13-10-6-5-9-12(13)18-15(14(17)16(19)20)11-7-3-2-4-8-11/h2-10,14H,17H2,1H3/t14-/m1/s1. The molecule has 3 rings (SSSR count). The van der Waals surface area contributed by atoms with Crippen LogP contribution in [0, 0.1) is 0 Å². The molecule has 0 aliphatic carbocycles. The Kier molecular flexibility index (Phi) is 3.08. The van der Waals surface area contributed by atoms with Crippen molar-refractivity contribution in [3.63, 3.8) is 0 Å². The number of para-hydroxylation sites is 2. The summed E-state index contributed by atoms with van der Waals surface area (Å²) in [5.41, 5.74) is 9.12. The minimum Gasteiger partial charge on any atom is -0.315 e. The number of hydrogen-bond donors (Lipinski definition) is 1. The van der Waals surface area contributed by atoms with Gasteiger partial charge in [0.05, 0.1) is 17.1 Å². The van der Waals surface area contributed by atoms with Crippen LogP contribution >= 0.6 is 0 Å². The van der Waals surface area contributed by atoms with Gasteiger partial charge in [0.15, 0.2) is 0 Å². The van der Waals surface area contributed by atoms with E-state index in [2.05, 4.69) is 4.99 Å². The Bertz CT molecular complexity index is 679. The predicted molar refractivity (Wildman–Crippen MR) is 80.5 cm³/mol. The number of nitrogens with two attached hydrogens (primary N) is 1. The molecule has 0 bridgehead atoms. The molecule has 1 aliphatic rings. The summed E-state index contributed by atoms with van der Waals surface area (Å²) < 4.78 is 0. The number of rotatable bonds is 1. The van der Waals surface area contributed by atoms with Crippen molar-refractivity contribution in [2.24, 2.45) is 10.7 Å². The van der Waals surface area contributed by atoms with E-state index in [9.17, 15) is 4.79 Å². The van der Waals surface area contributed by atoms with Crippen molar-refractivity contribution in [2.45, 2.75) is 6.04 Å². The zero-order valence-corrected chi connectivity index (χ0v) is 11.2. The van der Waals surface area contributed by atoms with E-state index < -0.39 is 6.04 Å². The average molecular weight is 265 g/mol. The van der Waals surface area contributed by atoms with Gasteiger partial charge in [0, 0.05) is 7.05 Å². The van der Waals surface area contributed by atoms with Crippen LogP contribution in [0.2, 0.25) is 0 Å². The third-order valence-corrected chi connectivity index (χ3v) is 3.44. The summed E-state index contributed by atoms with van der Waals surface area (Å²) >= 11 is 0. The first kappa shape index (κ1) is 12.6. The maximum Gasteiger partial charge on any atom is 0.249 e. The third-order valence-electron chi connectivity index (χ3n) is 3.44. The second kappa shape index (κ2) is 4.90. The molecule has 20 heavy (non-hydrogen) atoms. The number of aliphatic imine (C=N–C) groups is 1. The van der Waals surface area contributed by atoms with Crippen LogP contribution in [0.15, 0.2) is 59.6 Å². The summed E-state index contributed by atoms with van der Waals surface area (Å²) in [5.74, 6) is -0.155. The Morgan fingerprint density at radius 3 is 2.45 bits per heavy atom. The lowest BCUT2D eigenvalue weighted by Gasteiger charge is -2.19. The van der Waals surface area contributed by atoms with Crippen molar-refractivity contribution in [3.05, 3.63) is 60.2 Å². The number of carbonyl (C=O) groups is 1. The molecule has 0 saturated carbocycles. The van der Waals surface area contributed by atoms with Gasteiger partial charge < -0.3 is 10.6 Å². The normalized spacial score (nSPS) is 18.3. The fourth-order valence-corrected chi connectivity index (χ4v) is 2.34. The Morgan fingerprint density at radius 2 is 1.70 bits per heavy atom. The third kappa shape index (κ3) is 2.00. The minimum atomic E-state index is -0.755. The monoisotopic (exact) mass is 265 g/mol. The molecule has 0 fully saturated rings. The van der Waals surface area contributed by atoms with E-state index in [4.69, 9.17) is 5.73 Å². The Labute approximate surface area is 117 Å². The van der Waals surface area contributed by atoms with Crippen molar-refractivity contribution >= 4 is 23.0 Å². The number of benzene rings is 2. The molecular formula is C16H15N3O. The van der Waals surface area contributed by atoms with E-state index in [0.29, 0.717) is 5.71 Å². The maximum atomic E-state index is 12.4. The molecule has 1 amide bonds. The second-order valence-electron chi connectivity index (χ2n) is 4.73. The second-order valence-corrected chi connectivity index (χ2v) is 4.73. The zero-order valence-electron chi connectivity index (χ0n) is 11.2. The fourth-order valence-electron chi connectivity index (χ4n) is 2.34. The highest BCUT2D eigenvalue weighted by atomic mass is 16.2. The molecule has 0 unspecified atom stereocenters. The van der Waals surface area contributed by atoms with Crippen molar-refractivity contribution in [3.8, 4) is 0 Å². The van der Waals surface area contributed by atoms with Gasteiger partial charge in [-0.25, -0.2) is 4.99 Å². The van der Waals surface area contributed by atoms with Gasteiger partial charge in [-0.2, -0.15) is 0 Å². The van der Waals surface area contributed by atoms with Crippen LogP contribution in [0.25, 0.3) is 0 Å². The van der Waals surface area contributed by atoms with Gasteiger partial charge in [-0.05, 0) is 17.7 Å². The lowest BCUT2D eigenvalue weighted by Crippen LogP contribution is -2.46. The lowest BCUT2D eigenvalue weighted by molar-refractivity contribution is -0.118. The molecule has 0 spiro atoms. The summed E-state index contributed by atoms with van der Waals surface area (Å²) in [7, 11) is 1.73. The van der Waals surface area contributed by atoms with Gasteiger partial charge in [-0.3, -0.25) is 4.79 Å². The molecular weight excluding hydrogens is 250 g/mol. The first-order chi connectivity index (χ1) is 9.68. The molecule has 1 atom stereocenters.